The molecule has 0 aromatic heterocycles. The lowest BCUT2D eigenvalue weighted by Gasteiger charge is -2.22. The number of hydrogen-bond donors (Lipinski definition) is 2. The summed E-state index contributed by atoms with van der Waals surface area (Å²) in [5, 5.41) is 13.1. The monoisotopic (exact) mass is 480 g/mol. The lowest BCUT2D eigenvalue weighted by Crippen LogP contribution is -2.52. The van der Waals surface area contributed by atoms with E-state index in [1.807, 2.05) is 0 Å². The Balaban J connectivity index is 1.45. The normalized spacial score (nSPS) is 21.1. The van der Waals surface area contributed by atoms with E-state index in [1.54, 1.807) is 24.3 Å². The first kappa shape index (κ1) is 22.7. The molecule has 0 spiro atoms. The van der Waals surface area contributed by atoms with Gasteiger partial charge in [0.15, 0.2) is 9.84 Å². The number of aliphatic hydroxyl groups is 1. The largest absolute Gasteiger partial charge is 0.372 e. The third-order valence-electron chi connectivity index (χ3n) is 5.67. The molecule has 1 heterocycles. The van der Waals surface area contributed by atoms with Crippen molar-refractivity contribution in [3.63, 3.8) is 0 Å². The minimum Gasteiger partial charge on any atom is -0.372 e. The zero-order valence-electron chi connectivity index (χ0n) is 17.1. The van der Waals surface area contributed by atoms with Crippen LogP contribution in [0.2, 0.25) is 5.02 Å². The Morgan fingerprint density at radius 2 is 1.97 bits per heavy atom. The van der Waals surface area contributed by atoms with E-state index in [4.69, 9.17) is 11.6 Å². The van der Waals surface area contributed by atoms with Crippen molar-refractivity contribution in [2.75, 3.05) is 11.4 Å². The maximum absolute atomic E-state index is 13.5. The van der Waals surface area contributed by atoms with Crippen LogP contribution in [0.5, 0.6) is 0 Å². The Kier molecular flexibility index (Phi) is 6.00. The number of halogens is 2. The van der Waals surface area contributed by atoms with Crippen molar-refractivity contribution in [2.45, 2.75) is 42.4 Å². The van der Waals surface area contributed by atoms with Gasteiger partial charge in [0.25, 0.3) is 11.8 Å². The third-order valence-corrected chi connectivity index (χ3v) is 8.11. The van der Waals surface area contributed by atoms with Crippen molar-refractivity contribution >= 4 is 38.9 Å². The third kappa shape index (κ3) is 4.65. The summed E-state index contributed by atoms with van der Waals surface area (Å²) in [6.07, 6.45) is 1.22. The Morgan fingerprint density at radius 3 is 2.66 bits per heavy atom. The molecule has 0 unspecified atom stereocenters. The Labute approximate surface area is 190 Å². The summed E-state index contributed by atoms with van der Waals surface area (Å²) >= 11 is 5.80. The second kappa shape index (κ2) is 8.46. The van der Waals surface area contributed by atoms with E-state index in [1.165, 1.54) is 17.0 Å². The van der Waals surface area contributed by atoms with Gasteiger partial charge < -0.3 is 15.3 Å². The van der Waals surface area contributed by atoms with E-state index in [0.29, 0.717) is 29.7 Å². The number of nitrogens with one attached hydrogen (secondary N) is 1. The molecule has 10 heteroatoms. The number of benzene rings is 2. The van der Waals surface area contributed by atoms with Crippen molar-refractivity contribution in [3.05, 3.63) is 64.4 Å². The number of carbonyl (C=O) groups excluding carboxylic acids is 2. The lowest BCUT2D eigenvalue weighted by molar-refractivity contribution is -0.149. The van der Waals surface area contributed by atoms with Crippen LogP contribution in [0, 0.1) is 5.82 Å². The molecule has 1 atom stereocenters. The van der Waals surface area contributed by atoms with Gasteiger partial charge in [-0.3, -0.25) is 9.59 Å². The number of nitrogens with zero attached hydrogens (tertiary/aromatic N) is 1. The molecule has 7 nitrogen and oxygen atoms in total. The number of rotatable bonds is 7. The highest BCUT2D eigenvalue weighted by molar-refractivity contribution is 7.91. The summed E-state index contributed by atoms with van der Waals surface area (Å²) in [7, 11) is -3.22. The molecule has 2 N–H and O–H groups in total. The first-order valence-corrected chi connectivity index (χ1v) is 12.3. The predicted molar refractivity (Wildman–Crippen MR) is 117 cm³/mol. The highest BCUT2D eigenvalue weighted by Gasteiger charge is 2.51. The van der Waals surface area contributed by atoms with Gasteiger partial charge in [-0.05, 0) is 54.3 Å². The number of sulfone groups is 1. The second-order valence-corrected chi connectivity index (χ2v) is 10.9. The van der Waals surface area contributed by atoms with Gasteiger partial charge in [0, 0.05) is 30.2 Å². The maximum Gasteiger partial charge on any atom is 0.268 e. The molecule has 2 fully saturated rings. The Hall–Kier alpha value is -2.49. The summed E-state index contributed by atoms with van der Waals surface area (Å²) in [6.45, 7) is -0.0201. The Morgan fingerprint density at radius 1 is 1.22 bits per heavy atom. The Bertz CT molecular complexity index is 1160. The molecule has 2 aromatic carbocycles. The molecular weight excluding hydrogens is 459 g/mol. The minimum absolute atomic E-state index is 0.0906. The smallest absolute Gasteiger partial charge is 0.268 e. The summed E-state index contributed by atoms with van der Waals surface area (Å²) in [4.78, 5) is 26.8. The van der Waals surface area contributed by atoms with Gasteiger partial charge in [-0.15, -0.1) is 0 Å². The minimum atomic E-state index is -3.22. The molecule has 1 saturated heterocycles. The van der Waals surface area contributed by atoms with Crippen LogP contribution in [0.4, 0.5) is 10.1 Å². The fourth-order valence-electron chi connectivity index (χ4n) is 3.80. The number of hydrogen-bond acceptors (Lipinski definition) is 5. The molecule has 170 valence electrons. The molecular formula is C22H22ClFN2O5S. The summed E-state index contributed by atoms with van der Waals surface area (Å²) in [5.74, 6) is -2.37. The van der Waals surface area contributed by atoms with Crippen LogP contribution in [-0.2, 0) is 31.7 Å². The van der Waals surface area contributed by atoms with Crippen LogP contribution in [0.3, 0.4) is 0 Å². The van der Waals surface area contributed by atoms with Crippen LogP contribution in [0.25, 0.3) is 0 Å². The topological polar surface area (TPSA) is 104 Å². The van der Waals surface area contributed by atoms with Gasteiger partial charge in [0.05, 0.1) is 11.0 Å². The van der Waals surface area contributed by atoms with Crippen LogP contribution in [0.15, 0.2) is 42.5 Å². The average molecular weight is 481 g/mol. The highest BCUT2D eigenvalue weighted by atomic mass is 35.5. The molecule has 2 amide bonds. The van der Waals surface area contributed by atoms with E-state index in [9.17, 15) is 27.5 Å². The summed E-state index contributed by atoms with van der Waals surface area (Å²) in [5.41, 5.74) is -0.921. The van der Waals surface area contributed by atoms with Gasteiger partial charge in [-0.25, -0.2) is 12.8 Å². The van der Waals surface area contributed by atoms with Crippen molar-refractivity contribution < 1.29 is 27.5 Å². The number of carbonyl (C=O) groups is 2. The predicted octanol–water partition coefficient (Wildman–Crippen LogP) is 2.34. The molecule has 32 heavy (non-hydrogen) atoms. The van der Waals surface area contributed by atoms with Crippen molar-refractivity contribution in [3.8, 4) is 0 Å². The van der Waals surface area contributed by atoms with Crippen LogP contribution < -0.4 is 10.2 Å². The molecule has 1 aliphatic carbocycles. The van der Waals surface area contributed by atoms with E-state index in [0.717, 1.165) is 6.07 Å². The second-order valence-electron chi connectivity index (χ2n) is 8.20. The first-order chi connectivity index (χ1) is 15.1. The molecule has 1 aliphatic heterocycles. The SMILES string of the molecule is O=C(NCc1cc(F)cc(Cl)c1)[C@@]1(O)CCN(c2cccc(CS(=O)(=O)C3CC3)c2)C1=O. The number of anilines is 1. The summed E-state index contributed by atoms with van der Waals surface area (Å²) in [6, 6.07) is 10.3. The molecule has 0 bridgehead atoms. The van der Waals surface area contributed by atoms with Gasteiger partial charge in [-0.2, -0.15) is 0 Å². The van der Waals surface area contributed by atoms with Gasteiger partial charge >= 0.3 is 0 Å². The van der Waals surface area contributed by atoms with E-state index in [2.05, 4.69) is 5.32 Å². The van der Waals surface area contributed by atoms with Crippen LogP contribution in [0.1, 0.15) is 30.4 Å². The van der Waals surface area contributed by atoms with Crippen LogP contribution in [-0.4, -0.2) is 42.7 Å². The van der Waals surface area contributed by atoms with Crippen LogP contribution >= 0.6 is 11.6 Å². The van der Waals surface area contributed by atoms with Crippen molar-refractivity contribution in [1.29, 1.82) is 0 Å². The fraction of sp³-hybridized carbons (Fsp3) is 0.364. The zero-order valence-corrected chi connectivity index (χ0v) is 18.6. The molecule has 4 rings (SSSR count). The lowest BCUT2D eigenvalue weighted by atomic mass is 10.0. The molecule has 0 radical (unpaired) electrons. The molecule has 2 aliphatic rings. The van der Waals surface area contributed by atoms with E-state index in [-0.39, 0.29) is 35.5 Å². The van der Waals surface area contributed by atoms with Gasteiger partial charge in [0.2, 0.25) is 5.60 Å². The van der Waals surface area contributed by atoms with E-state index < -0.39 is 33.1 Å². The number of amides is 2. The molecule has 1 saturated carbocycles. The highest BCUT2D eigenvalue weighted by Crippen LogP contribution is 2.33. The molecule has 2 aromatic rings. The first-order valence-electron chi connectivity index (χ1n) is 10.2. The van der Waals surface area contributed by atoms with E-state index >= 15 is 0 Å². The quantitative estimate of drug-likeness (QED) is 0.592. The fourth-order valence-corrected chi connectivity index (χ4v) is 5.77. The maximum atomic E-state index is 13.5. The summed E-state index contributed by atoms with van der Waals surface area (Å²) < 4.78 is 38.0. The van der Waals surface area contributed by atoms with Crippen molar-refractivity contribution in [1.82, 2.24) is 5.32 Å². The van der Waals surface area contributed by atoms with Gasteiger partial charge in [-0.1, -0.05) is 23.7 Å². The van der Waals surface area contributed by atoms with Gasteiger partial charge in [0.1, 0.15) is 5.82 Å². The average Bonchev–Trinajstić information content (AvgIpc) is 3.53. The zero-order chi connectivity index (χ0) is 23.1. The van der Waals surface area contributed by atoms with Crippen molar-refractivity contribution in [2.24, 2.45) is 0 Å². The standard InChI is InChI=1S/C22H22ClFN2O5S/c23-16-8-15(9-17(24)11-16)12-25-20(27)22(29)6-7-26(21(22)28)18-3-1-2-14(10-18)13-32(30,31)19-4-5-19/h1-3,8-11,19,29H,4-7,12-13H2,(H,25,27)/t22-/m0/s1.